The van der Waals surface area contributed by atoms with Crippen molar-refractivity contribution in [3.63, 3.8) is 0 Å². The molecule has 1 aromatic carbocycles. The van der Waals surface area contributed by atoms with Crippen molar-refractivity contribution < 1.29 is 14.3 Å². The maximum absolute atomic E-state index is 12.3. The number of nitrogens with zero attached hydrogens (tertiary/aromatic N) is 1. The fourth-order valence-corrected chi connectivity index (χ4v) is 2.51. The summed E-state index contributed by atoms with van der Waals surface area (Å²) in [5.41, 5.74) is 0.420. The first-order chi connectivity index (χ1) is 9.84. The number of urea groups is 1. The van der Waals surface area contributed by atoms with Gasteiger partial charge in [0.1, 0.15) is 0 Å². The maximum atomic E-state index is 12.3. The van der Waals surface area contributed by atoms with E-state index >= 15 is 0 Å². The highest BCUT2D eigenvalue weighted by Gasteiger charge is 2.36. The lowest BCUT2D eigenvalue weighted by atomic mass is 10.1. The Kier molecular flexibility index (Phi) is 4.13. The molecule has 0 aliphatic carbocycles. The summed E-state index contributed by atoms with van der Waals surface area (Å²) in [6, 6.07) is 6.28. The largest absolute Gasteiger partial charge is 0.465 e. The molecule has 7 heteroatoms. The fraction of sp³-hybridized carbons (Fsp3) is 0.357. The molecule has 112 valence electrons. The van der Waals surface area contributed by atoms with Gasteiger partial charge in [0.2, 0.25) is 0 Å². The number of carbonyl (C=O) groups is 2. The van der Waals surface area contributed by atoms with Crippen LogP contribution in [0.3, 0.4) is 0 Å². The van der Waals surface area contributed by atoms with Crippen LogP contribution in [-0.4, -0.2) is 41.2 Å². The summed E-state index contributed by atoms with van der Waals surface area (Å²) in [6.45, 7) is 4.36. The summed E-state index contributed by atoms with van der Waals surface area (Å²) in [7, 11) is 1.29. The lowest BCUT2D eigenvalue weighted by molar-refractivity contribution is 0.0602. The number of anilines is 1. The van der Waals surface area contributed by atoms with E-state index in [1.807, 2.05) is 13.8 Å². The molecule has 0 unspecified atom stereocenters. The molecular weight excluding hydrogens is 290 g/mol. The number of nitrogens with one attached hydrogen (secondary N) is 2. The van der Waals surface area contributed by atoms with Gasteiger partial charge in [-0.15, -0.1) is 0 Å². The second-order valence-electron chi connectivity index (χ2n) is 5.37. The summed E-state index contributed by atoms with van der Waals surface area (Å²) in [5, 5.41) is 6.13. The zero-order chi connectivity index (χ0) is 15.6. The van der Waals surface area contributed by atoms with Crippen LogP contribution in [0.15, 0.2) is 24.3 Å². The SMILES string of the molecule is COC(=O)c1ccccc1NC(=O)N1CC(C)(C)NC1=S. The summed E-state index contributed by atoms with van der Waals surface area (Å²) >= 11 is 5.15. The van der Waals surface area contributed by atoms with Gasteiger partial charge in [0.05, 0.1) is 30.4 Å². The molecule has 0 saturated carbocycles. The first kappa shape index (κ1) is 15.2. The molecule has 2 rings (SSSR count). The van der Waals surface area contributed by atoms with Crippen LogP contribution < -0.4 is 10.6 Å². The number of amides is 2. The van der Waals surface area contributed by atoms with Gasteiger partial charge in [-0.3, -0.25) is 4.90 Å². The zero-order valence-corrected chi connectivity index (χ0v) is 12.9. The molecule has 0 spiro atoms. The van der Waals surface area contributed by atoms with Gasteiger partial charge in [-0.1, -0.05) is 12.1 Å². The Morgan fingerprint density at radius 3 is 2.62 bits per heavy atom. The standard InChI is InChI=1S/C14H17N3O3S/c1-14(2)8-17(13(21)16-14)12(19)15-10-7-5-4-6-9(10)11(18)20-3/h4-7H,8H2,1-3H3,(H,15,19)(H,16,21). The minimum atomic E-state index is -0.506. The topological polar surface area (TPSA) is 70.7 Å². The van der Waals surface area contributed by atoms with Gasteiger partial charge < -0.3 is 15.4 Å². The van der Waals surface area contributed by atoms with Gasteiger partial charge in [0.25, 0.3) is 0 Å². The molecule has 1 aromatic rings. The van der Waals surface area contributed by atoms with Gasteiger partial charge in [-0.2, -0.15) is 0 Å². The smallest absolute Gasteiger partial charge is 0.339 e. The number of para-hydroxylation sites is 1. The van der Waals surface area contributed by atoms with E-state index in [4.69, 9.17) is 17.0 Å². The minimum absolute atomic E-state index is 0.268. The number of hydrogen-bond acceptors (Lipinski definition) is 4. The quantitative estimate of drug-likeness (QED) is 0.646. The van der Waals surface area contributed by atoms with Gasteiger partial charge in [-0.25, -0.2) is 9.59 Å². The van der Waals surface area contributed by atoms with Gasteiger partial charge in [-0.05, 0) is 38.2 Å². The van der Waals surface area contributed by atoms with Crippen LogP contribution >= 0.6 is 12.2 Å². The van der Waals surface area contributed by atoms with Gasteiger partial charge in [0.15, 0.2) is 5.11 Å². The maximum Gasteiger partial charge on any atom is 0.339 e. The van der Waals surface area contributed by atoms with Gasteiger partial charge >= 0.3 is 12.0 Å². The van der Waals surface area contributed by atoms with Crippen LogP contribution in [-0.2, 0) is 4.74 Å². The van der Waals surface area contributed by atoms with E-state index in [0.717, 1.165) is 0 Å². The number of rotatable bonds is 2. The molecule has 1 fully saturated rings. The van der Waals surface area contributed by atoms with Crippen LogP contribution in [0.1, 0.15) is 24.2 Å². The molecule has 21 heavy (non-hydrogen) atoms. The number of thiocarbonyl (C=S) groups is 1. The molecule has 0 bridgehead atoms. The predicted molar refractivity (Wildman–Crippen MR) is 83.3 cm³/mol. The Morgan fingerprint density at radius 2 is 2.05 bits per heavy atom. The third kappa shape index (κ3) is 3.30. The van der Waals surface area contributed by atoms with Crippen molar-refractivity contribution in [2.75, 3.05) is 19.0 Å². The first-order valence-corrected chi connectivity index (χ1v) is 6.83. The van der Waals surface area contributed by atoms with Crippen molar-refractivity contribution in [3.05, 3.63) is 29.8 Å². The molecular formula is C14H17N3O3S. The van der Waals surface area contributed by atoms with Crippen LogP contribution in [0.4, 0.5) is 10.5 Å². The predicted octanol–water partition coefficient (Wildman–Crippen LogP) is 1.97. The van der Waals surface area contributed by atoms with E-state index in [2.05, 4.69) is 10.6 Å². The number of ether oxygens (including phenoxy) is 1. The average Bonchev–Trinajstić information content (AvgIpc) is 2.72. The monoisotopic (exact) mass is 307 g/mol. The molecule has 1 heterocycles. The van der Waals surface area contributed by atoms with Crippen molar-refractivity contribution in [2.45, 2.75) is 19.4 Å². The van der Waals surface area contributed by atoms with E-state index in [-0.39, 0.29) is 11.6 Å². The van der Waals surface area contributed by atoms with Crippen molar-refractivity contribution in [2.24, 2.45) is 0 Å². The summed E-state index contributed by atoms with van der Waals surface area (Å²) in [5.74, 6) is -0.506. The second-order valence-corrected chi connectivity index (χ2v) is 5.75. The highest BCUT2D eigenvalue weighted by molar-refractivity contribution is 7.80. The Bertz CT molecular complexity index is 601. The summed E-state index contributed by atoms with van der Waals surface area (Å²) in [4.78, 5) is 25.4. The normalized spacial score (nSPS) is 16.3. The van der Waals surface area contributed by atoms with E-state index in [1.165, 1.54) is 12.0 Å². The third-order valence-electron chi connectivity index (χ3n) is 3.06. The molecule has 1 aliphatic rings. The number of methoxy groups -OCH3 is 1. The highest BCUT2D eigenvalue weighted by atomic mass is 32.1. The fourth-order valence-electron chi connectivity index (χ4n) is 2.09. The average molecular weight is 307 g/mol. The summed E-state index contributed by atoms with van der Waals surface area (Å²) < 4.78 is 4.70. The number of carbonyl (C=O) groups excluding carboxylic acids is 2. The first-order valence-electron chi connectivity index (χ1n) is 6.42. The molecule has 0 atom stereocenters. The van der Waals surface area contributed by atoms with E-state index < -0.39 is 5.97 Å². The minimum Gasteiger partial charge on any atom is -0.465 e. The molecule has 6 nitrogen and oxygen atoms in total. The molecule has 0 aromatic heterocycles. The van der Waals surface area contributed by atoms with Crippen molar-refractivity contribution in [1.82, 2.24) is 10.2 Å². The molecule has 2 N–H and O–H groups in total. The van der Waals surface area contributed by atoms with Crippen LogP contribution in [0.2, 0.25) is 0 Å². The van der Waals surface area contributed by atoms with Crippen molar-refractivity contribution in [1.29, 1.82) is 0 Å². The Labute approximate surface area is 128 Å². The molecule has 1 aliphatic heterocycles. The highest BCUT2D eigenvalue weighted by Crippen LogP contribution is 2.19. The Morgan fingerprint density at radius 1 is 1.38 bits per heavy atom. The lowest BCUT2D eigenvalue weighted by Crippen LogP contribution is -2.37. The van der Waals surface area contributed by atoms with Crippen molar-refractivity contribution in [3.8, 4) is 0 Å². The number of esters is 1. The van der Waals surface area contributed by atoms with E-state index in [0.29, 0.717) is 22.9 Å². The zero-order valence-electron chi connectivity index (χ0n) is 12.1. The Hall–Kier alpha value is -2.15. The second kappa shape index (κ2) is 5.69. The van der Waals surface area contributed by atoms with E-state index in [1.54, 1.807) is 24.3 Å². The van der Waals surface area contributed by atoms with Gasteiger partial charge in [0, 0.05) is 0 Å². The number of hydrogen-bond donors (Lipinski definition) is 2. The summed E-state index contributed by atoms with van der Waals surface area (Å²) in [6.07, 6.45) is 0. The number of benzene rings is 1. The molecule has 2 amide bonds. The lowest BCUT2D eigenvalue weighted by Gasteiger charge is -2.18. The van der Waals surface area contributed by atoms with Crippen LogP contribution in [0, 0.1) is 0 Å². The van der Waals surface area contributed by atoms with E-state index in [9.17, 15) is 9.59 Å². The molecule has 0 radical (unpaired) electrons. The van der Waals surface area contributed by atoms with Crippen LogP contribution in [0.25, 0.3) is 0 Å². The Balaban J connectivity index is 2.18. The molecule has 1 saturated heterocycles. The van der Waals surface area contributed by atoms with Crippen LogP contribution in [0.5, 0.6) is 0 Å². The third-order valence-corrected chi connectivity index (χ3v) is 3.39. The van der Waals surface area contributed by atoms with Crippen molar-refractivity contribution >= 4 is 35.0 Å².